The van der Waals surface area contributed by atoms with Crippen molar-refractivity contribution in [3.05, 3.63) is 23.3 Å². The number of amidine groups is 1. The number of fused-ring (bicyclic) bond motifs is 1. The monoisotopic (exact) mass is 325 g/mol. The normalized spacial score (nSPS) is 13.9. The maximum atomic E-state index is 13.0. The number of carbonyl (C=O) groups is 1. The van der Waals surface area contributed by atoms with Crippen LogP contribution in [0.25, 0.3) is 5.47 Å². The van der Waals surface area contributed by atoms with Gasteiger partial charge in [0.2, 0.25) is 5.91 Å². The summed E-state index contributed by atoms with van der Waals surface area (Å²) >= 11 is 0. The van der Waals surface area contributed by atoms with Gasteiger partial charge >= 0.3 is 0 Å². The number of carbonyl (C=O) groups excluding carboxylic acids is 1. The Hall–Kier alpha value is -2.31. The van der Waals surface area contributed by atoms with E-state index in [1.54, 1.807) is 13.1 Å². The number of anilines is 1. The molecule has 1 aromatic heterocycles. The number of aliphatic imine (C=N–C) groups is 1. The summed E-state index contributed by atoms with van der Waals surface area (Å²) in [6.45, 7) is 5.50. The molecule has 1 amide bonds. The van der Waals surface area contributed by atoms with Gasteiger partial charge in [-0.25, -0.2) is 9.98 Å². The third-order valence-electron chi connectivity index (χ3n) is 3.89. The fourth-order valence-corrected chi connectivity index (χ4v) is 2.73. The van der Waals surface area contributed by atoms with Crippen molar-refractivity contribution in [1.29, 1.82) is 0 Å². The van der Waals surface area contributed by atoms with E-state index in [1.807, 2.05) is 11.0 Å². The summed E-state index contributed by atoms with van der Waals surface area (Å²) in [5.41, 5.74) is 7.56. The Bertz CT molecular complexity index is 678. The molecule has 0 atom stereocenters. The molecule has 0 aliphatic carbocycles. The van der Waals surface area contributed by atoms with Crippen LogP contribution in [0.2, 0.25) is 0 Å². The van der Waals surface area contributed by atoms with Gasteiger partial charge in [-0.3, -0.25) is 4.79 Å². The first-order valence-electron chi connectivity index (χ1n) is 8.31. The molecular formula is C17H24BN5O. The highest BCUT2D eigenvalue weighted by Crippen LogP contribution is 2.31. The lowest BCUT2D eigenvalue weighted by atomic mass is 9.83. The van der Waals surface area contributed by atoms with Crippen LogP contribution in [0.3, 0.4) is 0 Å². The lowest BCUT2D eigenvalue weighted by Crippen LogP contribution is -2.35. The van der Waals surface area contributed by atoms with Crippen LogP contribution in [0.4, 0.5) is 11.6 Å². The SMILES string of the molecule is [B]C1=C(C(=O)N(CCC)CCC)CC(N)=Nc2nc(NC)ccc21. The van der Waals surface area contributed by atoms with E-state index >= 15 is 0 Å². The third-order valence-corrected chi connectivity index (χ3v) is 3.89. The molecule has 2 heterocycles. The fourth-order valence-electron chi connectivity index (χ4n) is 2.73. The van der Waals surface area contributed by atoms with Gasteiger partial charge in [0.05, 0.1) is 0 Å². The molecule has 3 N–H and O–H groups in total. The maximum Gasteiger partial charge on any atom is 0.249 e. The summed E-state index contributed by atoms with van der Waals surface area (Å²) in [5.74, 6) is 1.39. The Morgan fingerprint density at radius 1 is 1.33 bits per heavy atom. The van der Waals surface area contributed by atoms with Crippen molar-refractivity contribution >= 4 is 36.7 Å². The molecule has 1 aromatic rings. The van der Waals surface area contributed by atoms with E-state index in [0.717, 1.165) is 12.8 Å². The maximum absolute atomic E-state index is 13.0. The summed E-state index contributed by atoms with van der Waals surface area (Å²) in [6.07, 6.45) is 2.03. The number of nitrogens with zero attached hydrogens (tertiary/aromatic N) is 3. The standard InChI is InChI=1S/C17H24BN5O/c1-4-8-23(9-5-2)17(24)12-10-13(19)21-16-11(15(12)18)6-7-14(20-3)22-16/h6-7H,4-5,8-10H2,1-3H3,(H3,19,20,21,22). The molecular weight excluding hydrogens is 301 g/mol. The Labute approximate surface area is 144 Å². The number of rotatable bonds is 6. The average molecular weight is 325 g/mol. The fraction of sp³-hybridized carbons (Fsp3) is 0.471. The number of pyridine rings is 1. The minimum absolute atomic E-state index is 0.0695. The first kappa shape index (κ1) is 18.0. The van der Waals surface area contributed by atoms with Crippen LogP contribution < -0.4 is 11.1 Å². The largest absolute Gasteiger partial charge is 0.387 e. The molecule has 0 unspecified atom stereocenters. The van der Waals surface area contributed by atoms with Crippen LogP contribution in [0.15, 0.2) is 22.7 Å². The van der Waals surface area contributed by atoms with Crippen molar-refractivity contribution in [1.82, 2.24) is 9.88 Å². The van der Waals surface area contributed by atoms with Crippen LogP contribution >= 0.6 is 0 Å². The molecule has 1 aliphatic heterocycles. The first-order valence-corrected chi connectivity index (χ1v) is 8.31. The molecule has 7 heteroatoms. The number of hydrogen-bond donors (Lipinski definition) is 2. The highest BCUT2D eigenvalue weighted by molar-refractivity contribution is 6.46. The number of aromatic nitrogens is 1. The van der Waals surface area contributed by atoms with E-state index in [9.17, 15) is 4.79 Å². The summed E-state index contributed by atoms with van der Waals surface area (Å²) in [5, 5.41) is 2.96. The third kappa shape index (κ3) is 3.78. The number of nitrogens with two attached hydrogens (primary N) is 1. The van der Waals surface area contributed by atoms with Crippen LogP contribution in [-0.2, 0) is 4.79 Å². The number of hydrogen-bond acceptors (Lipinski definition) is 5. The minimum Gasteiger partial charge on any atom is -0.387 e. The van der Waals surface area contributed by atoms with E-state index in [4.69, 9.17) is 13.6 Å². The smallest absolute Gasteiger partial charge is 0.249 e. The van der Waals surface area contributed by atoms with Gasteiger partial charge in [0.15, 0.2) is 5.82 Å². The lowest BCUT2D eigenvalue weighted by Gasteiger charge is -2.24. The molecule has 6 nitrogen and oxygen atoms in total. The number of amides is 1. The molecule has 24 heavy (non-hydrogen) atoms. The van der Waals surface area contributed by atoms with Crippen LogP contribution in [0.5, 0.6) is 0 Å². The molecule has 0 bridgehead atoms. The Morgan fingerprint density at radius 2 is 2.00 bits per heavy atom. The second kappa shape index (κ2) is 7.99. The van der Waals surface area contributed by atoms with Gasteiger partial charge < -0.3 is 16.0 Å². The molecule has 0 spiro atoms. The second-order valence-electron chi connectivity index (χ2n) is 5.78. The lowest BCUT2D eigenvalue weighted by molar-refractivity contribution is -0.127. The molecule has 1 aliphatic rings. The van der Waals surface area contributed by atoms with E-state index in [-0.39, 0.29) is 12.3 Å². The predicted molar refractivity (Wildman–Crippen MR) is 99.5 cm³/mol. The second-order valence-corrected chi connectivity index (χ2v) is 5.78. The van der Waals surface area contributed by atoms with Crippen molar-refractivity contribution in [3.63, 3.8) is 0 Å². The van der Waals surface area contributed by atoms with Crippen molar-refractivity contribution in [2.75, 3.05) is 25.5 Å². The van der Waals surface area contributed by atoms with E-state index in [1.165, 1.54) is 0 Å². The van der Waals surface area contributed by atoms with E-state index in [2.05, 4.69) is 29.1 Å². The first-order chi connectivity index (χ1) is 11.5. The van der Waals surface area contributed by atoms with Gasteiger partial charge in [0.1, 0.15) is 19.5 Å². The molecule has 0 saturated heterocycles. The molecule has 0 aromatic carbocycles. The Morgan fingerprint density at radius 3 is 2.58 bits per heavy atom. The molecule has 2 radical (unpaired) electrons. The van der Waals surface area contributed by atoms with Crippen LogP contribution in [-0.4, -0.2) is 49.6 Å². The van der Waals surface area contributed by atoms with Gasteiger partial charge in [-0.05, 0) is 25.0 Å². The topological polar surface area (TPSA) is 83.6 Å². The van der Waals surface area contributed by atoms with Crippen LogP contribution in [0.1, 0.15) is 38.7 Å². The highest BCUT2D eigenvalue weighted by atomic mass is 16.2. The van der Waals surface area contributed by atoms with Crippen molar-refractivity contribution < 1.29 is 4.79 Å². The minimum atomic E-state index is -0.0695. The zero-order valence-electron chi connectivity index (χ0n) is 14.6. The van der Waals surface area contributed by atoms with Gasteiger partial charge in [-0.2, -0.15) is 0 Å². The summed E-state index contributed by atoms with van der Waals surface area (Å²) in [4.78, 5) is 23.5. The summed E-state index contributed by atoms with van der Waals surface area (Å²) in [7, 11) is 8.10. The summed E-state index contributed by atoms with van der Waals surface area (Å²) in [6, 6.07) is 3.63. The number of nitrogens with one attached hydrogen (secondary N) is 1. The zero-order valence-corrected chi connectivity index (χ0v) is 14.6. The predicted octanol–water partition coefficient (Wildman–Crippen LogP) is 2.04. The van der Waals surface area contributed by atoms with E-state index in [0.29, 0.717) is 47.2 Å². The summed E-state index contributed by atoms with van der Waals surface area (Å²) < 4.78 is 0. The molecule has 0 saturated carbocycles. The molecule has 126 valence electrons. The van der Waals surface area contributed by atoms with Gasteiger partial charge in [-0.1, -0.05) is 19.3 Å². The molecule has 0 fully saturated rings. The van der Waals surface area contributed by atoms with Gasteiger partial charge in [0, 0.05) is 37.7 Å². The Kier molecular flexibility index (Phi) is 6.01. The van der Waals surface area contributed by atoms with Gasteiger partial charge in [0.25, 0.3) is 0 Å². The highest BCUT2D eigenvalue weighted by Gasteiger charge is 2.24. The van der Waals surface area contributed by atoms with Crippen molar-refractivity contribution in [2.45, 2.75) is 33.1 Å². The quantitative estimate of drug-likeness (QED) is 0.784. The van der Waals surface area contributed by atoms with Crippen molar-refractivity contribution in [3.8, 4) is 0 Å². The van der Waals surface area contributed by atoms with Crippen molar-refractivity contribution in [2.24, 2.45) is 10.7 Å². The Balaban J connectivity index is 2.48. The van der Waals surface area contributed by atoms with E-state index < -0.39 is 0 Å². The van der Waals surface area contributed by atoms with Crippen LogP contribution in [0, 0.1) is 0 Å². The molecule has 2 rings (SSSR count). The van der Waals surface area contributed by atoms with Gasteiger partial charge in [-0.15, -0.1) is 0 Å². The average Bonchev–Trinajstić information content (AvgIpc) is 2.70. The zero-order chi connectivity index (χ0) is 17.7.